The molecule has 1 aromatic heterocycles. The van der Waals surface area contributed by atoms with E-state index in [1.807, 2.05) is 13.3 Å². The minimum absolute atomic E-state index is 0.838. The molecule has 0 spiro atoms. The van der Waals surface area contributed by atoms with Crippen LogP contribution in [0, 0.1) is 5.92 Å². The Morgan fingerprint density at radius 3 is 2.82 bits per heavy atom. The van der Waals surface area contributed by atoms with Gasteiger partial charge in [0.1, 0.15) is 5.76 Å². The van der Waals surface area contributed by atoms with Crippen molar-refractivity contribution in [2.24, 2.45) is 5.92 Å². The molecule has 0 aliphatic heterocycles. The lowest BCUT2D eigenvalue weighted by Gasteiger charge is -2.21. The van der Waals surface area contributed by atoms with Gasteiger partial charge in [-0.1, -0.05) is 0 Å². The Labute approximate surface area is 103 Å². The third-order valence-corrected chi connectivity index (χ3v) is 3.80. The molecule has 0 atom stereocenters. The SMILES string of the molecule is CNCc1occc1CN(CC1CC1)C1CC1. The van der Waals surface area contributed by atoms with Crippen LogP contribution in [0.5, 0.6) is 0 Å². The zero-order chi connectivity index (χ0) is 11.7. The van der Waals surface area contributed by atoms with E-state index in [1.165, 1.54) is 37.8 Å². The van der Waals surface area contributed by atoms with Crippen LogP contribution in [-0.2, 0) is 13.1 Å². The van der Waals surface area contributed by atoms with Crippen molar-refractivity contribution < 1.29 is 4.42 Å². The van der Waals surface area contributed by atoms with Crippen molar-refractivity contribution in [1.82, 2.24) is 10.2 Å². The first-order valence-electron chi connectivity index (χ1n) is 6.80. The fourth-order valence-electron chi connectivity index (χ4n) is 2.46. The average Bonchev–Trinajstić information content (AvgIpc) is 3.21. The van der Waals surface area contributed by atoms with Gasteiger partial charge in [-0.15, -0.1) is 0 Å². The van der Waals surface area contributed by atoms with Crippen LogP contribution < -0.4 is 5.32 Å². The van der Waals surface area contributed by atoms with Gasteiger partial charge in [0.05, 0.1) is 12.8 Å². The summed E-state index contributed by atoms with van der Waals surface area (Å²) in [7, 11) is 1.97. The van der Waals surface area contributed by atoms with Crippen LogP contribution >= 0.6 is 0 Å². The molecule has 2 aliphatic rings. The second-order valence-electron chi connectivity index (χ2n) is 5.50. The van der Waals surface area contributed by atoms with Gasteiger partial charge in [-0.2, -0.15) is 0 Å². The molecule has 0 unspecified atom stereocenters. The summed E-state index contributed by atoms with van der Waals surface area (Å²) in [6, 6.07) is 2.99. The highest BCUT2D eigenvalue weighted by Gasteiger charge is 2.33. The van der Waals surface area contributed by atoms with Gasteiger partial charge in [0, 0.05) is 24.7 Å². The molecule has 3 nitrogen and oxygen atoms in total. The van der Waals surface area contributed by atoms with Gasteiger partial charge < -0.3 is 9.73 Å². The lowest BCUT2D eigenvalue weighted by molar-refractivity contribution is 0.242. The van der Waals surface area contributed by atoms with Crippen LogP contribution in [0.25, 0.3) is 0 Å². The maximum atomic E-state index is 5.54. The first-order valence-corrected chi connectivity index (χ1v) is 6.80. The number of furan rings is 1. The zero-order valence-electron chi connectivity index (χ0n) is 10.6. The summed E-state index contributed by atoms with van der Waals surface area (Å²) in [4.78, 5) is 2.67. The number of hydrogen-bond donors (Lipinski definition) is 1. The molecule has 1 N–H and O–H groups in total. The minimum Gasteiger partial charge on any atom is -0.468 e. The van der Waals surface area contributed by atoms with Gasteiger partial charge in [0.15, 0.2) is 0 Å². The molecular weight excluding hydrogens is 212 g/mol. The third kappa shape index (κ3) is 2.90. The van der Waals surface area contributed by atoms with E-state index in [0.29, 0.717) is 0 Å². The molecule has 3 rings (SSSR count). The Bertz CT molecular complexity index is 366. The molecule has 1 aromatic rings. The molecular formula is C14H22N2O. The first-order chi connectivity index (χ1) is 8.36. The van der Waals surface area contributed by atoms with Crippen LogP contribution in [-0.4, -0.2) is 24.5 Å². The summed E-state index contributed by atoms with van der Waals surface area (Å²) in [6.45, 7) is 3.22. The Hall–Kier alpha value is -0.800. The summed E-state index contributed by atoms with van der Waals surface area (Å²) < 4.78 is 5.54. The van der Waals surface area contributed by atoms with Gasteiger partial charge in [-0.3, -0.25) is 4.90 Å². The van der Waals surface area contributed by atoms with E-state index >= 15 is 0 Å². The maximum Gasteiger partial charge on any atom is 0.122 e. The molecule has 2 fully saturated rings. The number of hydrogen-bond acceptors (Lipinski definition) is 3. The van der Waals surface area contributed by atoms with Crippen molar-refractivity contribution in [2.45, 2.75) is 44.8 Å². The summed E-state index contributed by atoms with van der Waals surface area (Å²) in [5.41, 5.74) is 1.37. The van der Waals surface area contributed by atoms with E-state index in [4.69, 9.17) is 4.42 Å². The van der Waals surface area contributed by atoms with Gasteiger partial charge in [-0.25, -0.2) is 0 Å². The van der Waals surface area contributed by atoms with E-state index < -0.39 is 0 Å². The molecule has 17 heavy (non-hydrogen) atoms. The van der Waals surface area contributed by atoms with E-state index in [9.17, 15) is 0 Å². The fraction of sp³-hybridized carbons (Fsp3) is 0.714. The molecule has 0 amide bonds. The van der Waals surface area contributed by atoms with Gasteiger partial charge in [-0.05, 0) is 44.7 Å². The summed E-state index contributed by atoms with van der Waals surface area (Å²) in [5.74, 6) is 2.09. The highest BCUT2D eigenvalue weighted by Crippen LogP contribution is 2.35. The molecule has 0 bridgehead atoms. The predicted octanol–water partition coefficient (Wildman–Crippen LogP) is 2.37. The van der Waals surface area contributed by atoms with Gasteiger partial charge in [0.25, 0.3) is 0 Å². The first kappa shape index (κ1) is 11.3. The lowest BCUT2D eigenvalue weighted by Crippen LogP contribution is -2.28. The van der Waals surface area contributed by atoms with Crippen molar-refractivity contribution in [2.75, 3.05) is 13.6 Å². The summed E-state index contributed by atoms with van der Waals surface area (Å²) >= 11 is 0. The van der Waals surface area contributed by atoms with E-state index in [-0.39, 0.29) is 0 Å². The van der Waals surface area contributed by atoms with Crippen LogP contribution in [0.4, 0.5) is 0 Å². The van der Waals surface area contributed by atoms with Crippen LogP contribution in [0.15, 0.2) is 16.7 Å². The molecule has 0 aromatic carbocycles. The number of rotatable bonds is 7. The topological polar surface area (TPSA) is 28.4 Å². The van der Waals surface area contributed by atoms with E-state index in [0.717, 1.165) is 30.8 Å². The lowest BCUT2D eigenvalue weighted by atomic mass is 10.2. The van der Waals surface area contributed by atoms with Crippen LogP contribution in [0.3, 0.4) is 0 Å². The second-order valence-corrected chi connectivity index (χ2v) is 5.50. The normalized spacial score (nSPS) is 20.1. The Morgan fingerprint density at radius 1 is 1.35 bits per heavy atom. The number of nitrogens with one attached hydrogen (secondary N) is 1. The van der Waals surface area contributed by atoms with Crippen LogP contribution in [0.1, 0.15) is 37.0 Å². The fourth-order valence-corrected chi connectivity index (χ4v) is 2.46. The monoisotopic (exact) mass is 234 g/mol. The molecule has 0 radical (unpaired) electrons. The van der Waals surface area contributed by atoms with Crippen molar-refractivity contribution >= 4 is 0 Å². The number of nitrogens with zero attached hydrogens (tertiary/aromatic N) is 1. The predicted molar refractivity (Wildman–Crippen MR) is 67.6 cm³/mol. The van der Waals surface area contributed by atoms with Crippen molar-refractivity contribution in [3.63, 3.8) is 0 Å². The standard InChI is InChI=1S/C14H22N2O/c1-15-8-14-12(6-7-17-14)10-16(13-4-5-13)9-11-2-3-11/h6-7,11,13,15H,2-5,8-10H2,1H3. The van der Waals surface area contributed by atoms with E-state index in [1.54, 1.807) is 0 Å². The Kier molecular flexibility index (Phi) is 3.21. The van der Waals surface area contributed by atoms with Crippen molar-refractivity contribution in [3.8, 4) is 0 Å². The zero-order valence-corrected chi connectivity index (χ0v) is 10.6. The van der Waals surface area contributed by atoms with Crippen LogP contribution in [0.2, 0.25) is 0 Å². The molecule has 3 heteroatoms. The molecule has 94 valence electrons. The van der Waals surface area contributed by atoms with E-state index in [2.05, 4.69) is 16.3 Å². The minimum atomic E-state index is 0.838. The second kappa shape index (κ2) is 4.83. The van der Waals surface area contributed by atoms with Crippen molar-refractivity contribution in [1.29, 1.82) is 0 Å². The van der Waals surface area contributed by atoms with Gasteiger partial charge in [0.2, 0.25) is 0 Å². The maximum absolute atomic E-state index is 5.54. The third-order valence-electron chi connectivity index (χ3n) is 3.80. The summed E-state index contributed by atoms with van der Waals surface area (Å²) in [6.07, 6.45) is 7.50. The largest absolute Gasteiger partial charge is 0.468 e. The van der Waals surface area contributed by atoms with Crippen molar-refractivity contribution in [3.05, 3.63) is 23.7 Å². The molecule has 1 heterocycles. The highest BCUT2D eigenvalue weighted by atomic mass is 16.3. The Balaban J connectivity index is 1.63. The molecule has 2 saturated carbocycles. The average molecular weight is 234 g/mol. The Morgan fingerprint density at radius 2 is 2.18 bits per heavy atom. The smallest absolute Gasteiger partial charge is 0.122 e. The highest BCUT2D eigenvalue weighted by molar-refractivity contribution is 5.17. The summed E-state index contributed by atoms with van der Waals surface area (Å²) in [5, 5.41) is 3.17. The quantitative estimate of drug-likeness (QED) is 0.785. The molecule has 0 saturated heterocycles. The molecule has 2 aliphatic carbocycles. The van der Waals surface area contributed by atoms with Gasteiger partial charge >= 0.3 is 0 Å².